The largest absolute Gasteiger partial charge is 0.331 e. The van der Waals surface area contributed by atoms with Crippen LogP contribution in [0.1, 0.15) is 13.8 Å². The Bertz CT molecular complexity index is 82.9. The van der Waals surface area contributed by atoms with Gasteiger partial charge in [-0.1, -0.05) is 0 Å². The van der Waals surface area contributed by atoms with Gasteiger partial charge in [0.2, 0.25) is 0 Å². The lowest BCUT2D eigenvalue weighted by atomic mass is 10.8. The fraction of sp³-hybridized carbons (Fsp3) is 1.00. The highest BCUT2D eigenvalue weighted by molar-refractivity contribution is 7.39. The van der Waals surface area contributed by atoms with Gasteiger partial charge in [0.15, 0.2) is 0 Å². The predicted octanol–water partition coefficient (Wildman–Crippen LogP) is 0.571. The van der Waals surface area contributed by atoms with Gasteiger partial charge in [0.1, 0.15) is 0 Å². The molecule has 0 spiro atoms. The molecule has 0 saturated heterocycles. The molecular weight excluding hydrogens is 171 g/mol. The Morgan fingerprint density at radius 2 is 1.64 bits per heavy atom. The number of rotatable bonds is 6. The highest BCUT2D eigenvalue weighted by Crippen LogP contribution is 2.27. The van der Waals surface area contributed by atoms with Crippen LogP contribution < -0.4 is 0 Å². The average molecular weight is 184 g/mol. The van der Waals surface area contributed by atoms with Gasteiger partial charge in [0.05, 0.1) is 0 Å². The summed E-state index contributed by atoms with van der Waals surface area (Å²) in [6, 6.07) is 0. The van der Waals surface area contributed by atoms with Crippen molar-refractivity contribution in [2.75, 3.05) is 13.2 Å². The lowest BCUT2D eigenvalue weighted by molar-refractivity contribution is -0.245. The third kappa shape index (κ3) is 6.62. The van der Waals surface area contributed by atoms with Crippen molar-refractivity contribution in [1.82, 2.24) is 0 Å². The maximum Gasteiger partial charge on any atom is 0.331 e. The van der Waals surface area contributed by atoms with E-state index >= 15 is 0 Å². The van der Waals surface area contributed by atoms with Gasteiger partial charge < -0.3 is 19.3 Å². The molecule has 11 heavy (non-hydrogen) atoms. The van der Waals surface area contributed by atoms with E-state index in [0.717, 1.165) is 0 Å². The SMILES string of the molecule is CCOC(OCC)OP(O)O. The van der Waals surface area contributed by atoms with E-state index in [1.807, 2.05) is 0 Å². The van der Waals surface area contributed by atoms with Crippen molar-refractivity contribution < 1.29 is 23.8 Å². The van der Waals surface area contributed by atoms with Gasteiger partial charge in [-0.25, -0.2) is 0 Å². The minimum atomic E-state index is -2.41. The van der Waals surface area contributed by atoms with Crippen LogP contribution in [0.3, 0.4) is 0 Å². The van der Waals surface area contributed by atoms with Crippen LogP contribution in [0.15, 0.2) is 0 Å². The Morgan fingerprint density at radius 3 is 1.91 bits per heavy atom. The Kier molecular flexibility index (Phi) is 7.06. The van der Waals surface area contributed by atoms with E-state index in [0.29, 0.717) is 13.2 Å². The zero-order chi connectivity index (χ0) is 8.69. The third-order valence-electron chi connectivity index (χ3n) is 0.786. The summed E-state index contributed by atoms with van der Waals surface area (Å²) in [6.07, 6.45) is 0. The summed E-state index contributed by atoms with van der Waals surface area (Å²) < 4.78 is 14.2. The quantitative estimate of drug-likeness (QED) is 0.466. The zero-order valence-corrected chi connectivity index (χ0v) is 7.45. The van der Waals surface area contributed by atoms with Gasteiger partial charge in [0, 0.05) is 13.2 Å². The summed E-state index contributed by atoms with van der Waals surface area (Å²) in [6.45, 7) is 3.34. The van der Waals surface area contributed by atoms with Crippen molar-refractivity contribution in [3.05, 3.63) is 0 Å². The van der Waals surface area contributed by atoms with Gasteiger partial charge in [0.25, 0.3) is 6.48 Å². The summed E-state index contributed by atoms with van der Waals surface area (Å²) >= 11 is 0. The van der Waals surface area contributed by atoms with Crippen molar-refractivity contribution in [3.8, 4) is 0 Å². The van der Waals surface area contributed by atoms with Crippen LogP contribution in [0.4, 0.5) is 0 Å². The highest BCUT2D eigenvalue weighted by atomic mass is 31.2. The second-order valence-corrected chi connectivity index (χ2v) is 2.27. The zero-order valence-electron chi connectivity index (χ0n) is 6.56. The predicted molar refractivity (Wildman–Crippen MR) is 39.5 cm³/mol. The van der Waals surface area contributed by atoms with E-state index in [2.05, 4.69) is 4.52 Å². The molecule has 6 heteroatoms. The molecule has 0 unspecified atom stereocenters. The molecule has 0 aromatic heterocycles. The second kappa shape index (κ2) is 6.91. The Labute approximate surface area is 66.9 Å². The van der Waals surface area contributed by atoms with Crippen molar-refractivity contribution >= 4 is 8.60 Å². The molecule has 0 radical (unpaired) electrons. The van der Waals surface area contributed by atoms with Crippen LogP contribution in [0.2, 0.25) is 0 Å². The molecule has 0 aliphatic rings. The molecule has 0 aromatic carbocycles. The van der Waals surface area contributed by atoms with Crippen molar-refractivity contribution in [1.29, 1.82) is 0 Å². The molecule has 2 N–H and O–H groups in total. The lowest BCUT2D eigenvalue weighted by Crippen LogP contribution is -2.18. The molecule has 0 fully saturated rings. The fourth-order valence-electron chi connectivity index (χ4n) is 0.458. The first-order valence-corrected chi connectivity index (χ1v) is 4.45. The fourth-order valence-corrected chi connectivity index (χ4v) is 0.734. The first-order valence-electron chi connectivity index (χ1n) is 3.28. The van der Waals surface area contributed by atoms with Gasteiger partial charge in [-0.3, -0.25) is 4.52 Å². The van der Waals surface area contributed by atoms with Crippen LogP contribution in [-0.4, -0.2) is 29.5 Å². The summed E-state index contributed by atoms with van der Waals surface area (Å²) in [5, 5.41) is 0. The molecule has 0 rings (SSSR count). The van der Waals surface area contributed by atoms with Crippen LogP contribution in [0.25, 0.3) is 0 Å². The first kappa shape index (κ1) is 11.2. The van der Waals surface area contributed by atoms with E-state index in [1.165, 1.54) is 0 Å². The normalized spacial score (nSPS) is 11.5. The van der Waals surface area contributed by atoms with E-state index in [-0.39, 0.29) is 0 Å². The van der Waals surface area contributed by atoms with Crippen LogP contribution in [0.5, 0.6) is 0 Å². The molecular formula is C5H13O5P. The van der Waals surface area contributed by atoms with Crippen LogP contribution >= 0.6 is 8.60 Å². The third-order valence-corrected chi connectivity index (χ3v) is 1.15. The monoisotopic (exact) mass is 184 g/mol. The smallest absolute Gasteiger partial charge is 0.330 e. The van der Waals surface area contributed by atoms with Gasteiger partial charge >= 0.3 is 8.60 Å². The van der Waals surface area contributed by atoms with Crippen molar-refractivity contribution in [2.45, 2.75) is 20.3 Å². The second-order valence-electron chi connectivity index (χ2n) is 1.56. The molecule has 0 amide bonds. The maximum atomic E-state index is 8.41. The Balaban J connectivity index is 3.50. The van der Waals surface area contributed by atoms with Gasteiger partial charge in [-0.15, -0.1) is 0 Å². The molecule has 0 heterocycles. The highest BCUT2D eigenvalue weighted by Gasteiger charge is 2.12. The van der Waals surface area contributed by atoms with E-state index in [4.69, 9.17) is 19.3 Å². The Hall–Kier alpha value is 0.230. The van der Waals surface area contributed by atoms with E-state index in [9.17, 15) is 0 Å². The molecule has 5 nitrogen and oxygen atoms in total. The summed E-state index contributed by atoms with van der Waals surface area (Å²) in [5.74, 6) is 0. The van der Waals surface area contributed by atoms with E-state index in [1.54, 1.807) is 13.8 Å². The number of ether oxygens (including phenoxy) is 2. The van der Waals surface area contributed by atoms with Gasteiger partial charge in [-0.2, -0.15) is 0 Å². The molecule has 0 aliphatic heterocycles. The summed E-state index contributed by atoms with van der Waals surface area (Å²) in [5.41, 5.74) is 0. The van der Waals surface area contributed by atoms with E-state index < -0.39 is 15.1 Å². The first-order chi connectivity index (χ1) is 5.20. The number of hydrogen-bond acceptors (Lipinski definition) is 5. The minimum Gasteiger partial charge on any atom is -0.330 e. The minimum absolute atomic E-state index is 0.397. The number of hydrogen-bond donors (Lipinski definition) is 2. The molecule has 0 aromatic rings. The molecule has 0 bridgehead atoms. The standard InChI is InChI=1S/C5H13O5P/c1-3-8-5(9-4-2)10-11(6)7/h5-7H,3-4H2,1-2H3. The lowest BCUT2D eigenvalue weighted by Gasteiger charge is -2.16. The van der Waals surface area contributed by atoms with Crippen LogP contribution in [-0.2, 0) is 14.0 Å². The maximum absolute atomic E-state index is 8.41. The molecule has 0 atom stereocenters. The molecule has 68 valence electrons. The average Bonchev–Trinajstić information content (AvgIpc) is 1.87. The van der Waals surface area contributed by atoms with Crippen LogP contribution in [0, 0.1) is 0 Å². The van der Waals surface area contributed by atoms with Crippen molar-refractivity contribution in [3.63, 3.8) is 0 Å². The van der Waals surface area contributed by atoms with Crippen molar-refractivity contribution in [2.24, 2.45) is 0 Å². The summed E-state index contributed by atoms with van der Waals surface area (Å²) in [7, 11) is -2.41. The molecule has 0 saturated carbocycles. The topological polar surface area (TPSA) is 68.2 Å². The molecule has 0 aliphatic carbocycles. The Morgan fingerprint density at radius 1 is 1.18 bits per heavy atom. The summed E-state index contributed by atoms with van der Waals surface area (Å²) in [4.78, 5) is 16.8. The van der Waals surface area contributed by atoms with Gasteiger partial charge in [-0.05, 0) is 13.8 Å².